The lowest BCUT2D eigenvalue weighted by Crippen LogP contribution is -2.29. The lowest BCUT2D eigenvalue weighted by atomic mass is 10.2. The van der Waals surface area contributed by atoms with Gasteiger partial charge in [-0.05, 0) is 53.8 Å². The molecule has 1 unspecified atom stereocenters. The summed E-state index contributed by atoms with van der Waals surface area (Å²) in [4.78, 5) is 2.34. The molecule has 0 heterocycles. The Balaban J connectivity index is 3.26. The Morgan fingerprint density at radius 3 is 2.43 bits per heavy atom. The van der Waals surface area contributed by atoms with Gasteiger partial charge in [-0.2, -0.15) is 5.26 Å². The number of rotatable bonds is 7. The van der Waals surface area contributed by atoms with E-state index >= 15 is 0 Å². The van der Waals surface area contributed by atoms with Crippen molar-refractivity contribution in [3.05, 3.63) is 0 Å². The molecule has 0 aromatic carbocycles. The zero-order valence-corrected chi connectivity index (χ0v) is 9.88. The van der Waals surface area contributed by atoms with Crippen LogP contribution < -0.4 is 5.32 Å². The zero-order chi connectivity index (χ0) is 11.0. The first kappa shape index (κ1) is 13.4. The molecule has 82 valence electrons. The van der Waals surface area contributed by atoms with Crippen LogP contribution in [0.1, 0.15) is 33.6 Å². The van der Waals surface area contributed by atoms with E-state index in [4.69, 9.17) is 5.26 Å². The maximum Gasteiger partial charge on any atom is 0.0924 e. The molecule has 0 saturated heterocycles. The van der Waals surface area contributed by atoms with Crippen molar-refractivity contribution in [2.45, 2.75) is 45.7 Å². The number of nitrogens with one attached hydrogen (secondary N) is 1. The number of hydrogen-bond acceptors (Lipinski definition) is 3. The number of hydrogen-bond donors (Lipinski definition) is 1. The highest BCUT2D eigenvalue weighted by Gasteiger charge is 2.02. The van der Waals surface area contributed by atoms with Crippen molar-refractivity contribution in [2.24, 2.45) is 0 Å². The van der Waals surface area contributed by atoms with Crippen LogP contribution in [-0.2, 0) is 0 Å². The molecule has 0 bridgehead atoms. The summed E-state index contributed by atoms with van der Waals surface area (Å²) < 4.78 is 0. The van der Waals surface area contributed by atoms with Gasteiger partial charge in [-0.15, -0.1) is 0 Å². The molecule has 0 aliphatic heterocycles. The molecule has 0 radical (unpaired) electrons. The van der Waals surface area contributed by atoms with Crippen LogP contribution in [0, 0.1) is 11.3 Å². The molecule has 3 nitrogen and oxygen atoms in total. The van der Waals surface area contributed by atoms with Crippen molar-refractivity contribution in [1.82, 2.24) is 10.2 Å². The average molecular weight is 197 g/mol. The quantitative estimate of drug-likeness (QED) is 0.630. The molecule has 0 saturated carbocycles. The van der Waals surface area contributed by atoms with E-state index < -0.39 is 0 Å². The van der Waals surface area contributed by atoms with Crippen LogP contribution in [0.2, 0.25) is 0 Å². The Bertz CT molecular complexity index is 172. The molecule has 0 aromatic rings. The molecule has 0 aliphatic carbocycles. The van der Waals surface area contributed by atoms with E-state index in [9.17, 15) is 0 Å². The standard InChI is InChI=1S/C11H23N3/c1-10(2)14(4)8-6-5-7-13-11(3)9-12/h10-11,13H,5-8H2,1-4H3. The first-order valence-electron chi connectivity index (χ1n) is 5.41. The Labute approximate surface area is 88.1 Å². The van der Waals surface area contributed by atoms with E-state index in [0.717, 1.165) is 19.5 Å². The minimum atomic E-state index is -0.0159. The lowest BCUT2D eigenvalue weighted by Gasteiger charge is -2.20. The Hall–Kier alpha value is -0.590. The smallest absolute Gasteiger partial charge is 0.0924 e. The van der Waals surface area contributed by atoms with Crippen molar-refractivity contribution in [1.29, 1.82) is 5.26 Å². The summed E-state index contributed by atoms with van der Waals surface area (Å²) in [7, 11) is 2.15. The highest BCUT2D eigenvalue weighted by atomic mass is 15.1. The summed E-state index contributed by atoms with van der Waals surface area (Å²) in [5.74, 6) is 0. The molecule has 1 atom stereocenters. The monoisotopic (exact) mass is 197 g/mol. The van der Waals surface area contributed by atoms with Crippen LogP contribution >= 0.6 is 0 Å². The Kier molecular flexibility index (Phi) is 7.45. The molecule has 1 N–H and O–H groups in total. The van der Waals surface area contributed by atoms with Gasteiger partial charge in [0.25, 0.3) is 0 Å². The van der Waals surface area contributed by atoms with Crippen LogP contribution in [0.4, 0.5) is 0 Å². The normalized spacial score (nSPS) is 13.2. The highest BCUT2D eigenvalue weighted by Crippen LogP contribution is 1.97. The first-order valence-corrected chi connectivity index (χ1v) is 5.41. The number of unbranched alkanes of at least 4 members (excludes halogenated alkanes) is 1. The summed E-state index contributed by atoms with van der Waals surface area (Å²) in [5, 5.41) is 11.7. The maximum absolute atomic E-state index is 8.53. The second-order valence-corrected chi connectivity index (χ2v) is 4.09. The third kappa shape index (κ3) is 6.88. The first-order chi connectivity index (χ1) is 6.57. The molecule has 0 fully saturated rings. The second-order valence-electron chi connectivity index (χ2n) is 4.09. The SMILES string of the molecule is CC(C#N)NCCCCN(C)C(C)C. The Morgan fingerprint density at radius 2 is 1.93 bits per heavy atom. The molecule has 0 spiro atoms. The number of nitrogens with zero attached hydrogens (tertiary/aromatic N) is 2. The van der Waals surface area contributed by atoms with Crippen LogP contribution in [0.15, 0.2) is 0 Å². The molecule has 0 amide bonds. The van der Waals surface area contributed by atoms with Crippen molar-refractivity contribution < 1.29 is 0 Å². The molecule has 0 aromatic heterocycles. The zero-order valence-electron chi connectivity index (χ0n) is 9.88. The van der Waals surface area contributed by atoms with Gasteiger partial charge >= 0.3 is 0 Å². The van der Waals surface area contributed by atoms with Gasteiger partial charge in [0.1, 0.15) is 0 Å². The third-order valence-electron chi connectivity index (χ3n) is 2.46. The van der Waals surface area contributed by atoms with Gasteiger partial charge in [0.05, 0.1) is 12.1 Å². The van der Waals surface area contributed by atoms with Crippen molar-refractivity contribution in [3.63, 3.8) is 0 Å². The lowest BCUT2D eigenvalue weighted by molar-refractivity contribution is 0.268. The van der Waals surface area contributed by atoms with E-state index in [1.54, 1.807) is 0 Å². The molecule has 14 heavy (non-hydrogen) atoms. The second kappa shape index (κ2) is 7.78. The summed E-state index contributed by atoms with van der Waals surface area (Å²) in [6.45, 7) is 8.38. The van der Waals surface area contributed by atoms with E-state index in [-0.39, 0.29) is 6.04 Å². The minimum absolute atomic E-state index is 0.0159. The van der Waals surface area contributed by atoms with E-state index in [0.29, 0.717) is 6.04 Å². The molecule has 0 rings (SSSR count). The van der Waals surface area contributed by atoms with Crippen molar-refractivity contribution in [2.75, 3.05) is 20.1 Å². The van der Waals surface area contributed by atoms with Gasteiger partial charge in [-0.1, -0.05) is 0 Å². The van der Waals surface area contributed by atoms with Crippen LogP contribution in [0.3, 0.4) is 0 Å². The predicted molar refractivity (Wildman–Crippen MR) is 60.1 cm³/mol. The fourth-order valence-electron chi connectivity index (χ4n) is 1.11. The largest absolute Gasteiger partial charge is 0.304 e. The van der Waals surface area contributed by atoms with E-state index in [2.05, 4.69) is 37.2 Å². The molecular weight excluding hydrogens is 174 g/mol. The summed E-state index contributed by atoms with van der Waals surface area (Å²) in [6.07, 6.45) is 2.34. The van der Waals surface area contributed by atoms with Crippen LogP contribution in [-0.4, -0.2) is 37.1 Å². The average Bonchev–Trinajstić information content (AvgIpc) is 2.16. The Morgan fingerprint density at radius 1 is 1.29 bits per heavy atom. The van der Waals surface area contributed by atoms with Gasteiger partial charge in [0.2, 0.25) is 0 Å². The fraction of sp³-hybridized carbons (Fsp3) is 0.909. The molecular formula is C11H23N3. The van der Waals surface area contributed by atoms with E-state index in [1.807, 2.05) is 6.92 Å². The van der Waals surface area contributed by atoms with Gasteiger partial charge in [0, 0.05) is 6.04 Å². The van der Waals surface area contributed by atoms with Crippen LogP contribution in [0.5, 0.6) is 0 Å². The summed E-state index contributed by atoms with van der Waals surface area (Å²) in [5.41, 5.74) is 0. The third-order valence-corrected chi connectivity index (χ3v) is 2.46. The summed E-state index contributed by atoms with van der Waals surface area (Å²) >= 11 is 0. The van der Waals surface area contributed by atoms with Gasteiger partial charge < -0.3 is 10.2 Å². The van der Waals surface area contributed by atoms with Crippen molar-refractivity contribution in [3.8, 4) is 6.07 Å². The van der Waals surface area contributed by atoms with Gasteiger partial charge in [0.15, 0.2) is 0 Å². The highest BCUT2D eigenvalue weighted by molar-refractivity contribution is 4.84. The summed E-state index contributed by atoms with van der Waals surface area (Å²) in [6, 6.07) is 2.77. The number of nitriles is 1. The van der Waals surface area contributed by atoms with Crippen molar-refractivity contribution >= 4 is 0 Å². The predicted octanol–water partition coefficient (Wildman–Crippen LogP) is 1.61. The topological polar surface area (TPSA) is 39.1 Å². The van der Waals surface area contributed by atoms with Crippen LogP contribution in [0.25, 0.3) is 0 Å². The maximum atomic E-state index is 8.53. The fourth-order valence-corrected chi connectivity index (χ4v) is 1.11. The minimum Gasteiger partial charge on any atom is -0.304 e. The molecule has 3 heteroatoms. The van der Waals surface area contributed by atoms with E-state index in [1.165, 1.54) is 6.42 Å². The van der Waals surface area contributed by atoms with Gasteiger partial charge in [-0.3, -0.25) is 0 Å². The van der Waals surface area contributed by atoms with Gasteiger partial charge in [-0.25, -0.2) is 0 Å². The molecule has 0 aliphatic rings.